The predicted molar refractivity (Wildman–Crippen MR) is 60.0 cm³/mol. The summed E-state index contributed by atoms with van der Waals surface area (Å²) in [5.74, 6) is -0.877. The maximum Gasteiger partial charge on any atom is 0.330 e. The van der Waals surface area contributed by atoms with Crippen LogP contribution in [0.5, 0.6) is 0 Å². The van der Waals surface area contributed by atoms with Crippen molar-refractivity contribution >= 4 is 12.0 Å². The Morgan fingerprint density at radius 3 is 2.94 bits per heavy atom. The number of carbonyl (C=O) groups excluding carboxylic acids is 1. The van der Waals surface area contributed by atoms with Crippen LogP contribution in [0.1, 0.15) is 18.1 Å². The highest BCUT2D eigenvalue weighted by atomic mass is 19.1. The lowest BCUT2D eigenvalue weighted by Crippen LogP contribution is -2.00. The summed E-state index contributed by atoms with van der Waals surface area (Å²) in [5, 5.41) is 0. The van der Waals surface area contributed by atoms with Crippen LogP contribution in [-0.4, -0.2) is 12.6 Å². The predicted octanol–water partition coefficient (Wildman–Crippen LogP) is 1.86. The lowest BCUT2D eigenvalue weighted by molar-refractivity contribution is -0.137. The molecule has 0 aliphatic rings. The van der Waals surface area contributed by atoms with Gasteiger partial charge in [0.25, 0.3) is 0 Å². The van der Waals surface area contributed by atoms with Crippen LogP contribution in [-0.2, 0) is 16.1 Å². The molecular weight excluding hydrogens is 209 g/mol. The van der Waals surface area contributed by atoms with Crippen molar-refractivity contribution in [2.75, 3.05) is 6.61 Å². The summed E-state index contributed by atoms with van der Waals surface area (Å²) in [5.41, 5.74) is 6.57. The van der Waals surface area contributed by atoms with Gasteiger partial charge >= 0.3 is 5.97 Å². The fraction of sp³-hybridized carbons (Fsp3) is 0.250. The molecule has 0 spiro atoms. The van der Waals surface area contributed by atoms with Gasteiger partial charge in [-0.25, -0.2) is 9.18 Å². The topological polar surface area (TPSA) is 52.3 Å². The van der Waals surface area contributed by atoms with Gasteiger partial charge in [-0.3, -0.25) is 0 Å². The van der Waals surface area contributed by atoms with Crippen LogP contribution in [0.25, 0.3) is 6.08 Å². The van der Waals surface area contributed by atoms with Crippen LogP contribution in [0.15, 0.2) is 24.3 Å². The highest BCUT2D eigenvalue weighted by Gasteiger charge is 2.01. The number of ether oxygens (including phenoxy) is 1. The van der Waals surface area contributed by atoms with E-state index in [0.717, 1.165) is 5.56 Å². The molecule has 2 N–H and O–H groups in total. The smallest absolute Gasteiger partial charge is 0.330 e. The van der Waals surface area contributed by atoms with Gasteiger partial charge in [-0.1, -0.05) is 6.07 Å². The standard InChI is InChI=1S/C12H14FNO2/c1-2-16-12(15)6-4-10-7-9(8-14)3-5-11(10)13/h3-7H,2,8,14H2,1H3. The zero-order valence-corrected chi connectivity index (χ0v) is 9.07. The third-order valence-electron chi connectivity index (χ3n) is 1.98. The molecule has 0 unspecified atom stereocenters. The molecule has 4 heteroatoms. The first kappa shape index (κ1) is 12.4. The number of hydrogen-bond donors (Lipinski definition) is 1. The van der Waals surface area contributed by atoms with Gasteiger partial charge in [0.15, 0.2) is 0 Å². The molecule has 0 atom stereocenters. The van der Waals surface area contributed by atoms with Crippen molar-refractivity contribution in [3.8, 4) is 0 Å². The van der Waals surface area contributed by atoms with E-state index in [4.69, 9.17) is 5.73 Å². The third kappa shape index (κ3) is 3.47. The molecular formula is C12H14FNO2. The van der Waals surface area contributed by atoms with Gasteiger partial charge in [-0.2, -0.15) is 0 Å². The van der Waals surface area contributed by atoms with Gasteiger partial charge in [-0.15, -0.1) is 0 Å². The van der Waals surface area contributed by atoms with Gasteiger partial charge in [0.1, 0.15) is 5.82 Å². The van der Waals surface area contributed by atoms with E-state index in [1.165, 1.54) is 18.2 Å². The molecule has 0 bridgehead atoms. The van der Waals surface area contributed by atoms with E-state index in [2.05, 4.69) is 4.74 Å². The normalized spacial score (nSPS) is 10.7. The van der Waals surface area contributed by atoms with Crippen LogP contribution in [0.4, 0.5) is 4.39 Å². The maximum absolute atomic E-state index is 13.3. The molecule has 0 saturated heterocycles. The van der Waals surface area contributed by atoms with E-state index >= 15 is 0 Å². The minimum absolute atomic E-state index is 0.300. The summed E-state index contributed by atoms with van der Waals surface area (Å²) in [4.78, 5) is 11.0. The first-order chi connectivity index (χ1) is 7.67. The maximum atomic E-state index is 13.3. The molecule has 1 aromatic carbocycles. The Bertz CT molecular complexity index is 402. The lowest BCUT2D eigenvalue weighted by Gasteiger charge is -2.01. The van der Waals surface area contributed by atoms with Crippen molar-refractivity contribution in [1.29, 1.82) is 0 Å². The number of benzene rings is 1. The molecule has 1 rings (SSSR count). The number of halogens is 1. The first-order valence-corrected chi connectivity index (χ1v) is 5.00. The molecule has 0 heterocycles. The third-order valence-corrected chi connectivity index (χ3v) is 1.98. The highest BCUT2D eigenvalue weighted by Crippen LogP contribution is 2.12. The summed E-state index contributed by atoms with van der Waals surface area (Å²) in [7, 11) is 0. The Morgan fingerprint density at radius 2 is 2.31 bits per heavy atom. The fourth-order valence-electron chi connectivity index (χ4n) is 1.20. The van der Waals surface area contributed by atoms with E-state index in [0.29, 0.717) is 18.7 Å². The molecule has 0 fully saturated rings. The van der Waals surface area contributed by atoms with E-state index in [9.17, 15) is 9.18 Å². The van der Waals surface area contributed by atoms with Crippen molar-refractivity contribution in [1.82, 2.24) is 0 Å². The summed E-state index contributed by atoms with van der Waals surface area (Å²) < 4.78 is 18.0. The Kier molecular flexibility index (Phi) is 4.66. The number of carbonyl (C=O) groups is 1. The second-order valence-electron chi connectivity index (χ2n) is 3.15. The Hall–Kier alpha value is -1.68. The molecule has 86 valence electrons. The van der Waals surface area contributed by atoms with Gasteiger partial charge in [0, 0.05) is 18.2 Å². The average molecular weight is 223 g/mol. The number of nitrogens with two attached hydrogens (primary N) is 1. The molecule has 3 nitrogen and oxygen atoms in total. The van der Waals surface area contributed by atoms with Crippen LogP contribution in [0, 0.1) is 5.82 Å². The minimum Gasteiger partial charge on any atom is -0.463 e. The van der Waals surface area contributed by atoms with Crippen LogP contribution in [0.3, 0.4) is 0 Å². The van der Waals surface area contributed by atoms with E-state index in [1.54, 1.807) is 19.1 Å². The average Bonchev–Trinajstić information content (AvgIpc) is 2.28. The SMILES string of the molecule is CCOC(=O)C=Cc1cc(CN)ccc1F. The summed E-state index contributed by atoms with van der Waals surface area (Å²) in [6.07, 6.45) is 2.58. The molecule has 0 aliphatic carbocycles. The van der Waals surface area contributed by atoms with Crippen molar-refractivity contribution in [2.24, 2.45) is 5.73 Å². The van der Waals surface area contributed by atoms with Crippen molar-refractivity contribution in [3.05, 3.63) is 41.2 Å². The minimum atomic E-state index is -0.486. The van der Waals surface area contributed by atoms with Gasteiger partial charge in [0.05, 0.1) is 6.61 Å². The van der Waals surface area contributed by atoms with Crippen molar-refractivity contribution < 1.29 is 13.9 Å². The zero-order chi connectivity index (χ0) is 12.0. The van der Waals surface area contributed by atoms with Crippen molar-refractivity contribution in [3.63, 3.8) is 0 Å². The molecule has 16 heavy (non-hydrogen) atoms. The highest BCUT2D eigenvalue weighted by molar-refractivity contribution is 5.87. The number of rotatable bonds is 4. The van der Waals surface area contributed by atoms with Crippen LogP contribution in [0.2, 0.25) is 0 Å². The monoisotopic (exact) mass is 223 g/mol. The second-order valence-corrected chi connectivity index (χ2v) is 3.15. The first-order valence-electron chi connectivity index (χ1n) is 5.00. The van der Waals surface area contributed by atoms with Crippen molar-refractivity contribution in [2.45, 2.75) is 13.5 Å². The number of hydrogen-bond acceptors (Lipinski definition) is 3. The molecule has 0 amide bonds. The van der Waals surface area contributed by atoms with Gasteiger partial charge in [-0.05, 0) is 30.7 Å². The van der Waals surface area contributed by atoms with E-state index in [-0.39, 0.29) is 0 Å². The Morgan fingerprint density at radius 1 is 1.56 bits per heavy atom. The molecule has 0 aliphatic heterocycles. The molecule has 0 radical (unpaired) electrons. The number of esters is 1. The van der Waals surface area contributed by atoms with Crippen LogP contribution >= 0.6 is 0 Å². The summed E-state index contributed by atoms with van der Waals surface area (Å²) >= 11 is 0. The van der Waals surface area contributed by atoms with Gasteiger partial charge in [0.2, 0.25) is 0 Å². The molecule has 0 aromatic heterocycles. The summed E-state index contributed by atoms with van der Waals surface area (Å²) in [6.45, 7) is 2.34. The molecule has 0 saturated carbocycles. The Labute approximate surface area is 93.7 Å². The van der Waals surface area contributed by atoms with E-state index < -0.39 is 11.8 Å². The van der Waals surface area contributed by atoms with E-state index in [1.807, 2.05) is 0 Å². The molecule has 1 aromatic rings. The van der Waals surface area contributed by atoms with Gasteiger partial charge < -0.3 is 10.5 Å². The quantitative estimate of drug-likeness (QED) is 0.626. The largest absolute Gasteiger partial charge is 0.463 e. The Balaban J connectivity index is 2.83. The fourth-order valence-corrected chi connectivity index (χ4v) is 1.20. The summed E-state index contributed by atoms with van der Waals surface area (Å²) in [6, 6.07) is 4.54. The second kappa shape index (κ2) is 6.02. The van der Waals surface area contributed by atoms with Crippen LogP contribution < -0.4 is 5.73 Å². The zero-order valence-electron chi connectivity index (χ0n) is 9.07. The lowest BCUT2D eigenvalue weighted by atomic mass is 10.1.